The van der Waals surface area contributed by atoms with Crippen LogP contribution in [0.3, 0.4) is 0 Å². The van der Waals surface area contributed by atoms with Crippen LogP contribution in [0, 0.1) is 0 Å². The lowest BCUT2D eigenvalue weighted by atomic mass is 10.2. The van der Waals surface area contributed by atoms with E-state index in [4.69, 9.17) is 4.74 Å². The van der Waals surface area contributed by atoms with E-state index in [0.717, 1.165) is 36.8 Å². The quantitative estimate of drug-likeness (QED) is 0.859. The highest BCUT2D eigenvalue weighted by atomic mass is 19.3. The molecule has 5 nitrogen and oxygen atoms in total. The third-order valence-corrected chi connectivity index (χ3v) is 3.22. The Morgan fingerprint density at radius 3 is 2.95 bits per heavy atom. The first-order valence-corrected chi connectivity index (χ1v) is 6.22. The standard InChI is InChI=1S/C12H14F2N4O/c13-12(14)17-8-15-6-10(17)9-5-16-18(7-9)11-3-1-2-4-19-11/h5-8,11-12H,1-4H2. The van der Waals surface area contributed by atoms with Gasteiger partial charge in [0.1, 0.15) is 6.23 Å². The summed E-state index contributed by atoms with van der Waals surface area (Å²) in [5.41, 5.74) is 0.976. The van der Waals surface area contributed by atoms with Gasteiger partial charge in [0.05, 0.1) is 24.4 Å². The van der Waals surface area contributed by atoms with Gasteiger partial charge >= 0.3 is 6.55 Å². The van der Waals surface area contributed by atoms with Gasteiger partial charge < -0.3 is 4.74 Å². The number of halogens is 2. The van der Waals surface area contributed by atoms with E-state index in [1.54, 1.807) is 17.1 Å². The molecule has 1 fully saturated rings. The Balaban J connectivity index is 1.86. The summed E-state index contributed by atoms with van der Waals surface area (Å²) in [6.07, 6.45) is 8.78. The number of rotatable bonds is 3. The van der Waals surface area contributed by atoms with Crippen molar-refractivity contribution in [3.63, 3.8) is 0 Å². The van der Waals surface area contributed by atoms with Crippen LogP contribution >= 0.6 is 0 Å². The normalized spacial score (nSPS) is 20.1. The van der Waals surface area contributed by atoms with Gasteiger partial charge in [-0.2, -0.15) is 13.9 Å². The molecule has 19 heavy (non-hydrogen) atoms. The number of hydrogen-bond acceptors (Lipinski definition) is 3. The van der Waals surface area contributed by atoms with Crippen molar-refractivity contribution in [3.05, 3.63) is 24.9 Å². The second-order valence-electron chi connectivity index (χ2n) is 4.49. The molecule has 1 aliphatic rings. The highest BCUT2D eigenvalue weighted by molar-refractivity contribution is 5.56. The molecule has 1 unspecified atom stereocenters. The van der Waals surface area contributed by atoms with Crippen molar-refractivity contribution in [1.29, 1.82) is 0 Å². The first-order valence-electron chi connectivity index (χ1n) is 6.22. The molecule has 1 atom stereocenters. The van der Waals surface area contributed by atoms with Crippen molar-refractivity contribution in [2.24, 2.45) is 0 Å². The molecule has 1 saturated heterocycles. The topological polar surface area (TPSA) is 44.9 Å². The van der Waals surface area contributed by atoms with Crippen molar-refractivity contribution in [1.82, 2.24) is 19.3 Å². The molecule has 0 saturated carbocycles. The molecule has 0 N–H and O–H groups in total. The molecule has 3 heterocycles. The highest BCUT2D eigenvalue weighted by Crippen LogP contribution is 2.27. The van der Waals surface area contributed by atoms with E-state index in [0.29, 0.717) is 11.3 Å². The molecule has 102 valence electrons. The summed E-state index contributed by atoms with van der Waals surface area (Å²) < 4.78 is 33.7. The molecule has 0 aromatic carbocycles. The SMILES string of the molecule is FC(F)n1cncc1-c1cnn(C2CCCCO2)c1. The Hall–Kier alpha value is -1.76. The molecule has 2 aromatic rings. The first-order chi connectivity index (χ1) is 9.25. The Morgan fingerprint density at radius 2 is 2.21 bits per heavy atom. The van der Waals surface area contributed by atoms with Crippen LogP contribution in [0.4, 0.5) is 8.78 Å². The zero-order valence-electron chi connectivity index (χ0n) is 10.2. The predicted octanol–water partition coefficient (Wildman–Crippen LogP) is 2.84. The average molecular weight is 268 g/mol. The van der Waals surface area contributed by atoms with E-state index < -0.39 is 6.55 Å². The molecule has 7 heteroatoms. The summed E-state index contributed by atoms with van der Waals surface area (Å²) in [5.74, 6) is 0. The Labute approximate surface area is 108 Å². The lowest BCUT2D eigenvalue weighted by Crippen LogP contribution is -2.18. The van der Waals surface area contributed by atoms with E-state index in [1.807, 2.05) is 0 Å². The maximum atomic E-state index is 12.8. The van der Waals surface area contributed by atoms with Crippen LogP contribution in [0.2, 0.25) is 0 Å². The van der Waals surface area contributed by atoms with Gasteiger partial charge in [-0.25, -0.2) is 9.67 Å². The number of imidazole rings is 1. The maximum absolute atomic E-state index is 12.8. The fraction of sp³-hybridized carbons (Fsp3) is 0.500. The van der Waals surface area contributed by atoms with Crippen molar-refractivity contribution < 1.29 is 13.5 Å². The average Bonchev–Trinajstić information content (AvgIpc) is 3.08. The van der Waals surface area contributed by atoms with Crippen LogP contribution in [0.5, 0.6) is 0 Å². The van der Waals surface area contributed by atoms with Gasteiger partial charge in [0.15, 0.2) is 0 Å². The summed E-state index contributed by atoms with van der Waals surface area (Å²) in [6.45, 7) is -1.89. The summed E-state index contributed by atoms with van der Waals surface area (Å²) in [6, 6.07) is 0. The second-order valence-corrected chi connectivity index (χ2v) is 4.49. The van der Waals surface area contributed by atoms with E-state index in [2.05, 4.69) is 10.1 Å². The fourth-order valence-corrected chi connectivity index (χ4v) is 2.24. The van der Waals surface area contributed by atoms with Crippen LogP contribution in [-0.2, 0) is 4.74 Å². The van der Waals surface area contributed by atoms with Crippen LogP contribution in [0.15, 0.2) is 24.9 Å². The van der Waals surface area contributed by atoms with Crippen molar-refractivity contribution >= 4 is 0 Å². The zero-order chi connectivity index (χ0) is 13.2. The molecule has 3 rings (SSSR count). The third kappa shape index (κ3) is 2.37. The molecule has 0 bridgehead atoms. The smallest absolute Gasteiger partial charge is 0.320 e. The van der Waals surface area contributed by atoms with Gasteiger partial charge in [-0.3, -0.25) is 4.57 Å². The molecule has 0 radical (unpaired) electrons. The summed E-state index contributed by atoms with van der Waals surface area (Å²) in [5, 5.41) is 4.20. The fourth-order valence-electron chi connectivity index (χ4n) is 2.24. The number of nitrogens with zero attached hydrogens (tertiary/aromatic N) is 4. The lowest BCUT2D eigenvalue weighted by molar-refractivity contribution is -0.0394. The van der Waals surface area contributed by atoms with Crippen LogP contribution in [0.1, 0.15) is 32.0 Å². The number of alkyl halides is 2. The molecule has 1 aliphatic heterocycles. The number of aromatic nitrogens is 4. The zero-order valence-corrected chi connectivity index (χ0v) is 10.2. The Kier molecular flexibility index (Phi) is 3.29. The van der Waals surface area contributed by atoms with Gasteiger partial charge in [-0.1, -0.05) is 0 Å². The minimum absolute atomic E-state index is 0.0922. The van der Waals surface area contributed by atoms with E-state index in [1.165, 1.54) is 6.20 Å². The number of hydrogen-bond donors (Lipinski definition) is 0. The molecule has 0 spiro atoms. The summed E-state index contributed by atoms with van der Waals surface area (Å²) >= 11 is 0. The van der Waals surface area contributed by atoms with Crippen molar-refractivity contribution in [2.75, 3.05) is 6.61 Å². The summed E-state index contributed by atoms with van der Waals surface area (Å²) in [7, 11) is 0. The van der Waals surface area contributed by atoms with E-state index >= 15 is 0 Å². The molecular weight excluding hydrogens is 254 g/mol. The van der Waals surface area contributed by atoms with Crippen LogP contribution in [0.25, 0.3) is 11.3 Å². The third-order valence-electron chi connectivity index (χ3n) is 3.22. The Morgan fingerprint density at radius 1 is 1.32 bits per heavy atom. The minimum atomic E-state index is -2.60. The predicted molar refractivity (Wildman–Crippen MR) is 63.5 cm³/mol. The molecule has 0 amide bonds. The first kappa shape index (κ1) is 12.3. The lowest BCUT2D eigenvalue weighted by Gasteiger charge is -2.22. The maximum Gasteiger partial charge on any atom is 0.320 e. The van der Waals surface area contributed by atoms with Gasteiger partial charge in [0.2, 0.25) is 0 Å². The van der Waals surface area contributed by atoms with Gasteiger partial charge in [0, 0.05) is 18.4 Å². The van der Waals surface area contributed by atoms with Crippen LogP contribution in [-0.4, -0.2) is 25.9 Å². The van der Waals surface area contributed by atoms with Gasteiger partial charge in [-0.15, -0.1) is 0 Å². The van der Waals surface area contributed by atoms with Crippen molar-refractivity contribution in [2.45, 2.75) is 32.0 Å². The second kappa shape index (κ2) is 5.08. The molecule has 0 aliphatic carbocycles. The Bertz CT molecular complexity index is 545. The van der Waals surface area contributed by atoms with Gasteiger partial charge in [0.25, 0.3) is 0 Å². The van der Waals surface area contributed by atoms with Crippen molar-refractivity contribution in [3.8, 4) is 11.3 Å². The van der Waals surface area contributed by atoms with Crippen LogP contribution < -0.4 is 0 Å². The minimum Gasteiger partial charge on any atom is -0.357 e. The van der Waals surface area contributed by atoms with E-state index in [9.17, 15) is 8.78 Å². The monoisotopic (exact) mass is 268 g/mol. The van der Waals surface area contributed by atoms with Gasteiger partial charge in [-0.05, 0) is 19.3 Å². The summed E-state index contributed by atoms with van der Waals surface area (Å²) in [4.78, 5) is 3.76. The molecular formula is C12H14F2N4O. The largest absolute Gasteiger partial charge is 0.357 e. The molecule has 2 aromatic heterocycles. The number of ether oxygens (including phenoxy) is 1. The highest BCUT2D eigenvalue weighted by Gasteiger charge is 2.19. The van der Waals surface area contributed by atoms with E-state index in [-0.39, 0.29) is 6.23 Å².